The van der Waals surface area contributed by atoms with Gasteiger partial charge >= 0.3 is 5.97 Å². The number of nitrogens with one attached hydrogen (secondary N) is 1. The molecule has 0 aliphatic carbocycles. The predicted molar refractivity (Wildman–Crippen MR) is 83.4 cm³/mol. The maximum absolute atomic E-state index is 12.3. The van der Waals surface area contributed by atoms with E-state index in [9.17, 15) is 9.59 Å². The van der Waals surface area contributed by atoms with Crippen molar-refractivity contribution in [3.8, 4) is 0 Å². The number of amides is 1. The fraction of sp³-hybridized carbons (Fsp3) is 0.438. The van der Waals surface area contributed by atoms with Gasteiger partial charge in [0.05, 0.1) is 23.7 Å². The summed E-state index contributed by atoms with van der Waals surface area (Å²) in [5, 5.41) is 17.1. The molecule has 0 saturated heterocycles. The Balaban J connectivity index is 2.13. The van der Waals surface area contributed by atoms with E-state index in [4.69, 9.17) is 5.11 Å². The van der Waals surface area contributed by atoms with E-state index in [1.54, 1.807) is 17.8 Å². The van der Waals surface area contributed by atoms with Crippen LogP contribution < -0.4 is 5.32 Å². The summed E-state index contributed by atoms with van der Waals surface area (Å²) in [5.74, 6) is -1.17. The van der Waals surface area contributed by atoms with Crippen LogP contribution in [-0.2, 0) is 16.1 Å². The highest BCUT2D eigenvalue weighted by Crippen LogP contribution is 2.21. The van der Waals surface area contributed by atoms with Gasteiger partial charge in [-0.05, 0) is 18.9 Å². The zero-order valence-corrected chi connectivity index (χ0v) is 13.0. The van der Waals surface area contributed by atoms with Crippen molar-refractivity contribution < 1.29 is 14.7 Å². The Morgan fingerprint density at radius 1 is 1.36 bits per heavy atom. The molecule has 1 aromatic carbocycles. The van der Waals surface area contributed by atoms with Crippen LogP contribution >= 0.6 is 0 Å². The van der Waals surface area contributed by atoms with Crippen molar-refractivity contribution >= 4 is 22.8 Å². The van der Waals surface area contributed by atoms with E-state index in [2.05, 4.69) is 10.4 Å². The summed E-state index contributed by atoms with van der Waals surface area (Å²) in [6.45, 7) is 5.61. The lowest BCUT2D eigenvalue weighted by molar-refractivity contribution is -0.139. The second-order valence-corrected chi connectivity index (χ2v) is 6.05. The number of carbonyl (C=O) groups is 2. The summed E-state index contributed by atoms with van der Waals surface area (Å²) >= 11 is 0. The van der Waals surface area contributed by atoms with Crippen molar-refractivity contribution in [2.75, 3.05) is 0 Å². The van der Waals surface area contributed by atoms with Crippen LogP contribution in [0.4, 0.5) is 0 Å². The van der Waals surface area contributed by atoms with Crippen LogP contribution in [0.25, 0.3) is 10.9 Å². The number of para-hydroxylation sites is 1. The molecule has 118 valence electrons. The van der Waals surface area contributed by atoms with Gasteiger partial charge in [0.25, 0.3) is 0 Å². The van der Waals surface area contributed by atoms with Crippen molar-refractivity contribution in [1.82, 2.24) is 15.1 Å². The number of carboxylic acid groups (broad SMARTS) is 1. The third-order valence-electron chi connectivity index (χ3n) is 4.06. The first-order chi connectivity index (χ1) is 10.3. The number of aliphatic carboxylic acids is 1. The molecule has 2 rings (SSSR count). The summed E-state index contributed by atoms with van der Waals surface area (Å²) in [5.41, 5.74) is 0.0911. The number of carboxylic acids is 1. The van der Waals surface area contributed by atoms with Crippen molar-refractivity contribution in [1.29, 1.82) is 0 Å². The fourth-order valence-electron chi connectivity index (χ4n) is 2.35. The molecule has 2 aromatic rings. The van der Waals surface area contributed by atoms with Crippen molar-refractivity contribution in [2.24, 2.45) is 5.92 Å². The number of benzene rings is 1. The van der Waals surface area contributed by atoms with Crippen LogP contribution in [0.1, 0.15) is 27.2 Å². The van der Waals surface area contributed by atoms with Gasteiger partial charge in [0.15, 0.2) is 0 Å². The van der Waals surface area contributed by atoms with Gasteiger partial charge in [-0.1, -0.05) is 32.0 Å². The molecule has 0 aliphatic rings. The lowest BCUT2D eigenvalue weighted by Gasteiger charge is -2.33. The summed E-state index contributed by atoms with van der Waals surface area (Å²) in [7, 11) is 0. The zero-order valence-electron chi connectivity index (χ0n) is 13.0. The predicted octanol–water partition coefficient (Wildman–Crippen LogP) is 2.04. The Labute approximate surface area is 129 Å². The Kier molecular flexibility index (Phi) is 4.49. The quantitative estimate of drug-likeness (QED) is 0.855. The van der Waals surface area contributed by atoms with Crippen LogP contribution in [-0.4, -0.2) is 32.3 Å². The molecule has 1 unspecified atom stereocenters. The first-order valence-electron chi connectivity index (χ1n) is 7.25. The molecule has 0 fully saturated rings. The highest BCUT2D eigenvalue weighted by atomic mass is 16.4. The number of fused-ring (bicyclic) bond motifs is 1. The van der Waals surface area contributed by atoms with E-state index in [1.807, 2.05) is 38.1 Å². The summed E-state index contributed by atoms with van der Waals surface area (Å²) in [6.07, 6.45) is 1.60. The molecule has 1 aromatic heterocycles. The minimum atomic E-state index is -0.930. The Morgan fingerprint density at radius 2 is 2.05 bits per heavy atom. The third-order valence-corrected chi connectivity index (χ3v) is 4.06. The molecule has 0 saturated carbocycles. The van der Waals surface area contributed by atoms with Crippen molar-refractivity contribution in [2.45, 2.75) is 39.3 Å². The molecule has 0 aliphatic heterocycles. The lowest BCUT2D eigenvalue weighted by atomic mass is 9.85. The molecule has 22 heavy (non-hydrogen) atoms. The molecule has 0 spiro atoms. The zero-order chi connectivity index (χ0) is 16.3. The van der Waals surface area contributed by atoms with E-state index >= 15 is 0 Å². The van der Waals surface area contributed by atoms with Gasteiger partial charge in [-0.2, -0.15) is 5.10 Å². The van der Waals surface area contributed by atoms with Crippen LogP contribution in [0.3, 0.4) is 0 Å². The minimum absolute atomic E-state index is 0.00177. The maximum atomic E-state index is 12.3. The second kappa shape index (κ2) is 6.17. The molecule has 1 amide bonds. The van der Waals surface area contributed by atoms with Crippen LogP contribution in [0, 0.1) is 5.92 Å². The summed E-state index contributed by atoms with van der Waals surface area (Å²) < 4.78 is 1.62. The number of hydrogen-bond donors (Lipinski definition) is 2. The molecule has 2 N–H and O–H groups in total. The van der Waals surface area contributed by atoms with E-state index in [0.717, 1.165) is 10.9 Å². The van der Waals surface area contributed by atoms with Gasteiger partial charge in [0.1, 0.15) is 6.54 Å². The van der Waals surface area contributed by atoms with Gasteiger partial charge in [0, 0.05) is 5.39 Å². The van der Waals surface area contributed by atoms with Gasteiger partial charge in [-0.15, -0.1) is 0 Å². The van der Waals surface area contributed by atoms with Gasteiger partial charge in [0.2, 0.25) is 5.91 Å². The Bertz CT molecular complexity index is 693. The van der Waals surface area contributed by atoms with Gasteiger partial charge in [-0.25, -0.2) is 0 Å². The topological polar surface area (TPSA) is 84.2 Å². The Hall–Kier alpha value is -2.37. The van der Waals surface area contributed by atoms with Crippen molar-refractivity contribution in [3.05, 3.63) is 30.5 Å². The van der Waals surface area contributed by atoms with Crippen molar-refractivity contribution in [3.63, 3.8) is 0 Å². The average Bonchev–Trinajstić information content (AvgIpc) is 2.81. The first kappa shape index (κ1) is 16.0. The molecular formula is C16H21N3O3. The number of rotatable bonds is 6. The summed E-state index contributed by atoms with van der Waals surface area (Å²) in [4.78, 5) is 23.3. The van der Waals surface area contributed by atoms with Gasteiger partial charge in [-0.3, -0.25) is 14.3 Å². The standard InChI is InChI=1S/C16H21N3O3/c1-11(2)16(3,8-15(21)22)18-14(20)10-19-13-7-5-4-6-12(13)9-17-19/h4-7,9,11H,8,10H2,1-3H3,(H,18,20)(H,21,22). The molecule has 0 radical (unpaired) electrons. The molecule has 1 atom stereocenters. The Morgan fingerprint density at radius 3 is 2.68 bits per heavy atom. The highest BCUT2D eigenvalue weighted by molar-refractivity contribution is 5.82. The summed E-state index contributed by atoms with van der Waals surface area (Å²) in [6, 6.07) is 7.63. The van der Waals surface area contributed by atoms with E-state index < -0.39 is 11.5 Å². The maximum Gasteiger partial charge on any atom is 0.305 e. The number of carbonyl (C=O) groups excluding carboxylic acids is 1. The number of nitrogens with zero attached hydrogens (tertiary/aromatic N) is 2. The van der Waals surface area contributed by atoms with E-state index in [-0.39, 0.29) is 24.8 Å². The second-order valence-electron chi connectivity index (χ2n) is 6.05. The van der Waals surface area contributed by atoms with Gasteiger partial charge < -0.3 is 10.4 Å². The molecule has 6 nitrogen and oxygen atoms in total. The largest absolute Gasteiger partial charge is 0.481 e. The van der Waals surface area contributed by atoms with Crippen LogP contribution in [0.15, 0.2) is 30.5 Å². The van der Waals surface area contributed by atoms with E-state index in [1.165, 1.54) is 0 Å². The van der Waals surface area contributed by atoms with Crippen LogP contribution in [0.5, 0.6) is 0 Å². The monoisotopic (exact) mass is 303 g/mol. The molecular weight excluding hydrogens is 282 g/mol. The SMILES string of the molecule is CC(C)C(C)(CC(=O)O)NC(=O)Cn1ncc2ccccc21. The number of aromatic nitrogens is 2. The first-order valence-corrected chi connectivity index (χ1v) is 7.25. The fourth-order valence-corrected chi connectivity index (χ4v) is 2.35. The molecule has 6 heteroatoms. The molecule has 1 heterocycles. The minimum Gasteiger partial charge on any atom is -0.481 e. The number of hydrogen-bond acceptors (Lipinski definition) is 3. The highest BCUT2D eigenvalue weighted by Gasteiger charge is 2.32. The lowest BCUT2D eigenvalue weighted by Crippen LogP contribution is -2.52. The normalized spacial score (nSPS) is 14.0. The van der Waals surface area contributed by atoms with E-state index in [0.29, 0.717) is 0 Å². The molecule has 0 bridgehead atoms. The third kappa shape index (κ3) is 3.44. The van der Waals surface area contributed by atoms with Crippen LogP contribution in [0.2, 0.25) is 0 Å². The average molecular weight is 303 g/mol. The smallest absolute Gasteiger partial charge is 0.305 e.